The number of fused-ring (bicyclic) bond motifs is 1. The molecule has 1 amide bonds. The molecule has 1 unspecified atom stereocenters. The topological polar surface area (TPSA) is 87.7 Å². The Balaban J connectivity index is 1.60. The normalized spacial score (nSPS) is 12.3. The van der Waals surface area contributed by atoms with E-state index in [1.807, 2.05) is 32.9 Å². The fourth-order valence-electron chi connectivity index (χ4n) is 2.48. The number of rotatable bonds is 6. The second-order valence-corrected chi connectivity index (χ2v) is 8.54. The molecule has 8 heteroatoms. The first-order chi connectivity index (χ1) is 12.5. The number of carbonyl (C=O) groups excluding carboxylic acids is 1. The van der Waals surface area contributed by atoms with Crippen LogP contribution in [0.15, 0.2) is 29.3 Å². The van der Waals surface area contributed by atoms with Crippen LogP contribution in [0.25, 0.3) is 10.2 Å². The Labute approximate surface area is 159 Å². The first kappa shape index (κ1) is 18.6. The maximum Gasteiger partial charge on any atom is 0.259 e. The van der Waals surface area contributed by atoms with Crippen LogP contribution < -0.4 is 10.9 Å². The van der Waals surface area contributed by atoms with Crippen molar-refractivity contribution in [1.82, 2.24) is 20.3 Å². The molecular formula is C18H20N4O2S2. The first-order valence-corrected chi connectivity index (χ1v) is 10.1. The van der Waals surface area contributed by atoms with Gasteiger partial charge in [-0.05, 0) is 38.0 Å². The third kappa shape index (κ3) is 4.13. The Morgan fingerprint density at radius 2 is 2.23 bits per heavy atom. The van der Waals surface area contributed by atoms with Gasteiger partial charge in [0, 0.05) is 23.8 Å². The average Bonchev–Trinajstić information content (AvgIpc) is 2.92. The van der Waals surface area contributed by atoms with Gasteiger partial charge in [0.25, 0.3) is 5.56 Å². The number of amides is 1. The van der Waals surface area contributed by atoms with Crippen molar-refractivity contribution in [1.29, 1.82) is 0 Å². The number of pyridine rings is 1. The van der Waals surface area contributed by atoms with E-state index in [0.717, 1.165) is 20.8 Å². The summed E-state index contributed by atoms with van der Waals surface area (Å²) in [6, 6.07) is 3.76. The number of thioether (sulfide) groups is 1. The predicted octanol–water partition coefficient (Wildman–Crippen LogP) is 2.93. The summed E-state index contributed by atoms with van der Waals surface area (Å²) in [5.41, 5.74) is 1.83. The minimum atomic E-state index is -0.250. The second kappa shape index (κ2) is 8.01. The number of H-pyrrole nitrogens is 1. The lowest BCUT2D eigenvalue weighted by Gasteiger charge is -2.11. The Morgan fingerprint density at radius 3 is 2.96 bits per heavy atom. The van der Waals surface area contributed by atoms with Crippen molar-refractivity contribution in [2.45, 2.75) is 38.3 Å². The molecule has 2 N–H and O–H groups in total. The number of nitrogens with zero attached hydrogens (tertiary/aromatic N) is 2. The minimum absolute atomic E-state index is 0.0508. The molecule has 0 radical (unpaired) electrons. The maximum absolute atomic E-state index is 12.3. The van der Waals surface area contributed by atoms with E-state index in [9.17, 15) is 9.59 Å². The van der Waals surface area contributed by atoms with Gasteiger partial charge in [-0.25, -0.2) is 4.98 Å². The molecule has 0 saturated carbocycles. The molecule has 1 atom stereocenters. The van der Waals surface area contributed by atoms with Crippen LogP contribution in [-0.2, 0) is 17.1 Å². The molecule has 0 aliphatic rings. The van der Waals surface area contributed by atoms with E-state index < -0.39 is 0 Å². The summed E-state index contributed by atoms with van der Waals surface area (Å²) in [7, 11) is 0. The van der Waals surface area contributed by atoms with Gasteiger partial charge in [0.15, 0.2) is 0 Å². The van der Waals surface area contributed by atoms with Crippen molar-refractivity contribution >= 4 is 39.2 Å². The van der Waals surface area contributed by atoms with Crippen molar-refractivity contribution in [3.05, 3.63) is 56.7 Å². The van der Waals surface area contributed by atoms with Crippen molar-refractivity contribution in [2.24, 2.45) is 0 Å². The molecule has 0 bridgehead atoms. The van der Waals surface area contributed by atoms with Crippen LogP contribution in [0.1, 0.15) is 28.8 Å². The first-order valence-electron chi connectivity index (χ1n) is 8.23. The number of aromatic amines is 1. The largest absolute Gasteiger partial charge is 0.351 e. The molecule has 0 aromatic carbocycles. The Bertz CT molecular complexity index is 982. The van der Waals surface area contributed by atoms with Crippen LogP contribution in [0.4, 0.5) is 0 Å². The molecule has 3 heterocycles. The SMILES string of the molecule is Cc1sc2nc(CSC(C)C(=O)NCc3cccnc3)[nH]c(=O)c2c1C. The predicted molar refractivity (Wildman–Crippen MR) is 107 cm³/mol. The van der Waals surface area contributed by atoms with E-state index >= 15 is 0 Å². The Kier molecular flexibility index (Phi) is 5.73. The highest BCUT2D eigenvalue weighted by molar-refractivity contribution is 7.99. The minimum Gasteiger partial charge on any atom is -0.351 e. The van der Waals surface area contributed by atoms with Crippen LogP contribution in [0.3, 0.4) is 0 Å². The zero-order chi connectivity index (χ0) is 18.7. The number of aromatic nitrogens is 3. The number of hydrogen-bond donors (Lipinski definition) is 2. The summed E-state index contributed by atoms with van der Waals surface area (Å²) >= 11 is 2.97. The monoisotopic (exact) mass is 388 g/mol. The van der Waals surface area contributed by atoms with Gasteiger partial charge in [0.2, 0.25) is 5.91 Å². The third-order valence-electron chi connectivity index (χ3n) is 4.12. The van der Waals surface area contributed by atoms with Gasteiger partial charge in [0.05, 0.1) is 16.4 Å². The number of thiophene rings is 1. The van der Waals surface area contributed by atoms with E-state index in [1.165, 1.54) is 23.1 Å². The third-order valence-corrected chi connectivity index (χ3v) is 6.37. The van der Waals surface area contributed by atoms with Gasteiger partial charge in [-0.1, -0.05) is 6.07 Å². The van der Waals surface area contributed by atoms with E-state index in [4.69, 9.17) is 0 Å². The average molecular weight is 389 g/mol. The summed E-state index contributed by atoms with van der Waals surface area (Å²) in [5.74, 6) is 1.02. The molecule has 3 aromatic rings. The molecule has 0 fully saturated rings. The second-order valence-electron chi connectivity index (χ2n) is 6.01. The summed E-state index contributed by atoms with van der Waals surface area (Å²) in [6.07, 6.45) is 3.43. The quantitative estimate of drug-likeness (QED) is 0.678. The van der Waals surface area contributed by atoms with E-state index in [1.54, 1.807) is 12.4 Å². The van der Waals surface area contributed by atoms with Crippen molar-refractivity contribution in [3.63, 3.8) is 0 Å². The standard InChI is InChI=1S/C18H20N4O2S2/c1-10-11(2)26-18-15(10)17(24)21-14(22-18)9-25-12(3)16(23)20-8-13-5-4-6-19-7-13/h4-7,12H,8-9H2,1-3H3,(H,20,23)(H,21,22,24). The molecule has 0 spiro atoms. The smallest absolute Gasteiger partial charge is 0.259 e. The lowest BCUT2D eigenvalue weighted by Crippen LogP contribution is -2.30. The van der Waals surface area contributed by atoms with Gasteiger partial charge in [-0.3, -0.25) is 14.6 Å². The van der Waals surface area contributed by atoms with Crippen LogP contribution in [0.2, 0.25) is 0 Å². The number of hydrogen-bond acceptors (Lipinski definition) is 6. The highest BCUT2D eigenvalue weighted by Gasteiger charge is 2.16. The van der Waals surface area contributed by atoms with Crippen LogP contribution in [0.5, 0.6) is 0 Å². The highest BCUT2D eigenvalue weighted by Crippen LogP contribution is 2.26. The molecule has 26 heavy (non-hydrogen) atoms. The van der Waals surface area contributed by atoms with Gasteiger partial charge < -0.3 is 10.3 Å². The molecule has 0 aliphatic carbocycles. The maximum atomic E-state index is 12.3. The zero-order valence-corrected chi connectivity index (χ0v) is 16.5. The summed E-state index contributed by atoms with van der Waals surface area (Å²) < 4.78 is 0. The lowest BCUT2D eigenvalue weighted by atomic mass is 10.2. The molecule has 3 aromatic heterocycles. The lowest BCUT2D eigenvalue weighted by molar-refractivity contribution is -0.120. The molecule has 136 valence electrons. The van der Waals surface area contributed by atoms with E-state index in [-0.39, 0.29) is 16.7 Å². The Hall–Kier alpha value is -2.19. The molecule has 0 aliphatic heterocycles. The van der Waals surface area contributed by atoms with Crippen molar-refractivity contribution in [3.8, 4) is 0 Å². The summed E-state index contributed by atoms with van der Waals surface area (Å²) in [4.78, 5) is 37.8. The summed E-state index contributed by atoms with van der Waals surface area (Å²) in [6.45, 7) is 6.23. The van der Waals surface area contributed by atoms with Crippen molar-refractivity contribution in [2.75, 3.05) is 0 Å². The molecule has 3 rings (SSSR count). The van der Waals surface area contributed by atoms with Crippen molar-refractivity contribution < 1.29 is 4.79 Å². The molecule has 0 saturated heterocycles. The number of nitrogens with one attached hydrogen (secondary N) is 2. The molecular weight excluding hydrogens is 368 g/mol. The van der Waals surface area contributed by atoms with Crippen LogP contribution >= 0.6 is 23.1 Å². The summed E-state index contributed by atoms with van der Waals surface area (Å²) in [5, 5.41) is 3.32. The highest BCUT2D eigenvalue weighted by atomic mass is 32.2. The van der Waals surface area contributed by atoms with Crippen LogP contribution in [-0.4, -0.2) is 26.1 Å². The van der Waals surface area contributed by atoms with Gasteiger partial charge >= 0.3 is 0 Å². The van der Waals surface area contributed by atoms with Crippen LogP contribution in [0, 0.1) is 13.8 Å². The Morgan fingerprint density at radius 1 is 1.42 bits per heavy atom. The van der Waals surface area contributed by atoms with Gasteiger partial charge in [0.1, 0.15) is 10.7 Å². The molecule has 6 nitrogen and oxygen atoms in total. The van der Waals surface area contributed by atoms with E-state index in [2.05, 4.69) is 20.3 Å². The number of carbonyl (C=O) groups is 1. The zero-order valence-electron chi connectivity index (χ0n) is 14.8. The number of aryl methyl sites for hydroxylation is 2. The fourth-order valence-corrected chi connectivity index (χ4v) is 4.31. The van der Waals surface area contributed by atoms with Gasteiger partial charge in [-0.2, -0.15) is 0 Å². The van der Waals surface area contributed by atoms with Gasteiger partial charge in [-0.15, -0.1) is 23.1 Å². The van der Waals surface area contributed by atoms with E-state index in [0.29, 0.717) is 23.5 Å². The fraction of sp³-hybridized carbons (Fsp3) is 0.333.